The number of ketones is 1. The highest BCUT2D eigenvalue weighted by atomic mass is 16.5. The molecule has 7 heteroatoms. The van der Waals surface area contributed by atoms with E-state index < -0.39 is 12.1 Å². The monoisotopic (exact) mass is 535 g/mol. The number of rotatable bonds is 19. The average molecular weight is 536 g/mol. The van der Waals surface area contributed by atoms with Crippen LogP contribution in [-0.4, -0.2) is 63.2 Å². The molecule has 1 saturated heterocycles. The maximum absolute atomic E-state index is 13.0. The molecular weight excluding hydrogens is 482 g/mol. The molecule has 0 unspecified atom stereocenters. The molecule has 2 rings (SSSR count). The fourth-order valence-electron chi connectivity index (χ4n) is 5.31. The van der Waals surface area contributed by atoms with E-state index in [0.717, 1.165) is 55.8 Å². The summed E-state index contributed by atoms with van der Waals surface area (Å²) in [6, 6.07) is 5.61. The first-order valence-corrected chi connectivity index (χ1v) is 14.5. The van der Waals surface area contributed by atoms with Crippen molar-refractivity contribution in [1.29, 1.82) is 0 Å². The zero-order valence-corrected chi connectivity index (χ0v) is 24.6. The summed E-state index contributed by atoms with van der Waals surface area (Å²) >= 11 is 0. The Morgan fingerprint density at radius 2 is 1.82 bits per heavy atom. The first kappa shape index (κ1) is 32.5. The lowest BCUT2D eigenvalue weighted by Crippen LogP contribution is -2.40. The molecule has 3 N–H and O–H groups in total. The summed E-state index contributed by atoms with van der Waals surface area (Å²) in [5.74, 6) is 2.37. The molecule has 38 heavy (non-hydrogen) atoms. The number of aliphatic hydroxyl groups excluding tert-OH is 1. The van der Waals surface area contributed by atoms with Crippen molar-refractivity contribution in [2.24, 2.45) is 29.4 Å². The highest BCUT2D eigenvalue weighted by Crippen LogP contribution is 2.30. The maximum Gasteiger partial charge on any atom is 0.136 e. The second-order valence-electron chi connectivity index (χ2n) is 11.6. The Morgan fingerprint density at radius 1 is 1.08 bits per heavy atom. The molecular formula is C31H53NO6. The van der Waals surface area contributed by atoms with Gasteiger partial charge >= 0.3 is 0 Å². The highest BCUT2D eigenvalue weighted by molar-refractivity contribution is 5.81. The van der Waals surface area contributed by atoms with E-state index in [1.807, 2.05) is 12.1 Å². The summed E-state index contributed by atoms with van der Waals surface area (Å²) in [5.41, 5.74) is 7.69. The molecule has 0 spiro atoms. The number of Topliss-reactive ketones (excluding diaryl/α,β-unsaturated/α-hetero) is 1. The molecule has 0 aromatic heterocycles. The highest BCUT2D eigenvalue weighted by Gasteiger charge is 2.30. The number of methoxy groups -OCH3 is 2. The lowest BCUT2D eigenvalue weighted by Gasteiger charge is -2.30. The molecule has 1 aliphatic rings. The van der Waals surface area contributed by atoms with Gasteiger partial charge in [0.1, 0.15) is 17.3 Å². The average Bonchev–Trinajstić information content (AvgIpc) is 3.41. The van der Waals surface area contributed by atoms with Crippen molar-refractivity contribution in [3.63, 3.8) is 0 Å². The van der Waals surface area contributed by atoms with E-state index in [-0.39, 0.29) is 29.6 Å². The van der Waals surface area contributed by atoms with Crippen molar-refractivity contribution in [3.05, 3.63) is 23.8 Å². The molecule has 1 aromatic carbocycles. The van der Waals surface area contributed by atoms with Gasteiger partial charge in [-0.2, -0.15) is 0 Å². The van der Waals surface area contributed by atoms with Crippen LogP contribution in [0.4, 0.5) is 0 Å². The van der Waals surface area contributed by atoms with E-state index in [1.165, 1.54) is 0 Å². The van der Waals surface area contributed by atoms with Gasteiger partial charge in [-0.25, -0.2) is 0 Å². The largest absolute Gasteiger partial charge is 0.497 e. The molecule has 1 aliphatic heterocycles. The molecule has 7 nitrogen and oxygen atoms in total. The number of hydrogen-bond donors (Lipinski definition) is 2. The Morgan fingerprint density at radius 3 is 2.42 bits per heavy atom. The van der Waals surface area contributed by atoms with Gasteiger partial charge in [0.05, 0.1) is 25.9 Å². The Kier molecular flexibility index (Phi) is 14.7. The van der Waals surface area contributed by atoms with E-state index >= 15 is 0 Å². The zero-order chi connectivity index (χ0) is 28.1. The second kappa shape index (κ2) is 17.1. The summed E-state index contributed by atoms with van der Waals surface area (Å²) in [7, 11) is 3.35. The predicted octanol–water partition coefficient (Wildman–Crippen LogP) is 5.19. The summed E-state index contributed by atoms with van der Waals surface area (Å²) in [6.07, 6.45) is 5.60. The first-order chi connectivity index (χ1) is 18.1. The summed E-state index contributed by atoms with van der Waals surface area (Å²) in [5, 5.41) is 11.1. The minimum Gasteiger partial charge on any atom is -0.497 e. The van der Waals surface area contributed by atoms with E-state index in [9.17, 15) is 9.90 Å². The third-order valence-electron chi connectivity index (χ3n) is 7.90. The Hall–Kier alpha value is -1.67. The Bertz CT molecular complexity index is 808. The summed E-state index contributed by atoms with van der Waals surface area (Å²) in [4.78, 5) is 13.0. The third-order valence-corrected chi connectivity index (χ3v) is 7.90. The first-order valence-electron chi connectivity index (χ1n) is 14.5. The van der Waals surface area contributed by atoms with Crippen molar-refractivity contribution >= 4 is 5.78 Å². The topological polar surface area (TPSA) is 100 Å². The maximum atomic E-state index is 13.0. The van der Waals surface area contributed by atoms with Crippen LogP contribution in [0, 0.1) is 23.7 Å². The van der Waals surface area contributed by atoms with Gasteiger partial charge in [-0.15, -0.1) is 0 Å². The lowest BCUT2D eigenvalue weighted by molar-refractivity contribution is -0.126. The van der Waals surface area contributed by atoms with Crippen LogP contribution in [0.1, 0.15) is 78.2 Å². The Labute approximate surface area is 230 Å². The van der Waals surface area contributed by atoms with Gasteiger partial charge < -0.3 is 29.8 Å². The third kappa shape index (κ3) is 11.2. The number of nitrogens with two attached hydrogens (primary N) is 1. The van der Waals surface area contributed by atoms with Crippen molar-refractivity contribution in [3.8, 4) is 11.5 Å². The lowest BCUT2D eigenvalue weighted by atomic mass is 9.79. The van der Waals surface area contributed by atoms with Crippen molar-refractivity contribution in [2.45, 2.75) is 97.3 Å². The van der Waals surface area contributed by atoms with Gasteiger partial charge in [0.2, 0.25) is 0 Å². The molecule has 5 atom stereocenters. The number of hydrogen-bond acceptors (Lipinski definition) is 7. The molecule has 1 heterocycles. The van der Waals surface area contributed by atoms with Crippen LogP contribution in [-0.2, 0) is 20.7 Å². The minimum atomic E-state index is -0.722. The molecule has 0 aliphatic carbocycles. The molecule has 1 aromatic rings. The standard InChI is InChI=1S/C31H53NO6/c1-21(2)24(15-23-16-26(36-6)19-27(17-23)38-14-8-12-35-5)18-29(32)31(34)20-28(22(3)4)30(33)11-10-25-9-7-13-37-25/h16-17,19,21-22,24-25,28-29,31,34H,7-15,18,20,32H2,1-6H3/t24-,25-,28-,29-,31-/m0/s1. The number of ether oxygens (including phenoxy) is 4. The second-order valence-corrected chi connectivity index (χ2v) is 11.6. The van der Waals surface area contributed by atoms with Crippen LogP contribution in [0.25, 0.3) is 0 Å². The van der Waals surface area contributed by atoms with Gasteiger partial charge in [-0.1, -0.05) is 27.7 Å². The van der Waals surface area contributed by atoms with E-state index in [1.54, 1.807) is 14.2 Å². The number of carbonyl (C=O) groups excluding carboxylic acids is 1. The molecule has 1 fully saturated rings. The van der Waals surface area contributed by atoms with Crippen LogP contribution >= 0.6 is 0 Å². The summed E-state index contributed by atoms with van der Waals surface area (Å²) in [6.45, 7) is 10.5. The van der Waals surface area contributed by atoms with Crippen LogP contribution in [0.5, 0.6) is 11.5 Å². The van der Waals surface area contributed by atoms with Crippen LogP contribution < -0.4 is 15.2 Å². The van der Waals surface area contributed by atoms with Crippen molar-refractivity contribution in [2.75, 3.05) is 34.0 Å². The molecule has 218 valence electrons. The normalized spacial score (nSPS) is 18.9. The fraction of sp³-hybridized carbons (Fsp3) is 0.774. The molecule has 0 bridgehead atoms. The van der Waals surface area contributed by atoms with Crippen LogP contribution in [0.2, 0.25) is 0 Å². The van der Waals surface area contributed by atoms with Crippen LogP contribution in [0.3, 0.4) is 0 Å². The SMILES string of the molecule is COCCCOc1cc(C[C@@H](C[C@H](N)[C@@H](O)C[C@H](C(=O)CC[C@@H]2CCCO2)C(C)C)C(C)C)cc(OC)c1. The predicted molar refractivity (Wildman–Crippen MR) is 152 cm³/mol. The quantitative estimate of drug-likeness (QED) is 0.235. The van der Waals surface area contributed by atoms with Gasteiger partial charge in [0.15, 0.2) is 0 Å². The van der Waals surface area contributed by atoms with E-state index in [4.69, 9.17) is 24.7 Å². The smallest absolute Gasteiger partial charge is 0.136 e. The van der Waals surface area contributed by atoms with Crippen molar-refractivity contribution < 1.29 is 28.8 Å². The van der Waals surface area contributed by atoms with Gasteiger partial charge in [-0.3, -0.25) is 4.79 Å². The summed E-state index contributed by atoms with van der Waals surface area (Å²) < 4.78 is 22.2. The number of carbonyl (C=O) groups is 1. The fourth-order valence-corrected chi connectivity index (χ4v) is 5.31. The number of aliphatic hydroxyl groups is 1. The number of benzene rings is 1. The van der Waals surface area contributed by atoms with Gasteiger partial charge in [0.25, 0.3) is 0 Å². The van der Waals surface area contributed by atoms with Gasteiger partial charge in [-0.05, 0) is 74.0 Å². The van der Waals surface area contributed by atoms with Crippen LogP contribution in [0.15, 0.2) is 18.2 Å². The Balaban J connectivity index is 1.98. The van der Waals surface area contributed by atoms with E-state index in [2.05, 4.69) is 33.8 Å². The van der Waals surface area contributed by atoms with Crippen molar-refractivity contribution in [1.82, 2.24) is 0 Å². The van der Waals surface area contributed by atoms with Gasteiger partial charge in [0, 0.05) is 51.2 Å². The molecule has 0 amide bonds. The molecule has 0 radical (unpaired) electrons. The molecule has 0 saturated carbocycles. The minimum absolute atomic E-state index is 0.161. The van der Waals surface area contributed by atoms with E-state index in [0.29, 0.717) is 38.4 Å². The zero-order valence-electron chi connectivity index (χ0n) is 24.6.